The first-order valence-corrected chi connectivity index (χ1v) is 12.4. The third-order valence-corrected chi connectivity index (χ3v) is 6.90. The zero-order valence-electron chi connectivity index (χ0n) is 18.4. The van der Waals surface area contributed by atoms with E-state index in [2.05, 4.69) is 4.72 Å². The van der Waals surface area contributed by atoms with Crippen LogP contribution in [0.3, 0.4) is 0 Å². The molecule has 0 unspecified atom stereocenters. The van der Waals surface area contributed by atoms with Crippen molar-refractivity contribution in [1.29, 1.82) is 0 Å². The Hall–Kier alpha value is -2.10. The average Bonchev–Trinajstić information content (AvgIpc) is 2.77. The molecular weight excluding hydrogens is 438 g/mol. The van der Waals surface area contributed by atoms with Crippen molar-refractivity contribution in [2.24, 2.45) is 7.05 Å². The van der Waals surface area contributed by atoms with Gasteiger partial charge in [-0.2, -0.15) is 0 Å². The highest BCUT2D eigenvalue weighted by Gasteiger charge is 2.26. The molecule has 0 spiro atoms. The Bertz CT molecular complexity index is 1080. The van der Waals surface area contributed by atoms with Crippen LogP contribution in [0.5, 0.6) is 0 Å². The maximum atomic E-state index is 13.5. The predicted molar refractivity (Wildman–Crippen MR) is 119 cm³/mol. The van der Waals surface area contributed by atoms with Gasteiger partial charge in [0.25, 0.3) is 5.56 Å². The van der Waals surface area contributed by atoms with E-state index in [-0.39, 0.29) is 36.5 Å². The molecule has 3 rings (SSSR count). The van der Waals surface area contributed by atoms with Crippen LogP contribution in [0.4, 0.5) is 8.78 Å². The second-order valence-electron chi connectivity index (χ2n) is 8.52. The van der Waals surface area contributed by atoms with E-state index in [1.165, 1.54) is 10.6 Å². The minimum Gasteiger partial charge on any atom is -0.378 e. The molecule has 0 radical (unpaired) electrons. The first-order valence-electron chi connectivity index (χ1n) is 10.8. The summed E-state index contributed by atoms with van der Waals surface area (Å²) in [6.07, 6.45) is 4.96. The molecule has 0 bridgehead atoms. The van der Waals surface area contributed by atoms with E-state index in [1.807, 2.05) is 13.0 Å². The minimum absolute atomic E-state index is 0.0336. The number of nitrogens with one attached hydrogen (secondary N) is 1. The van der Waals surface area contributed by atoms with Crippen LogP contribution in [0.1, 0.15) is 54.2 Å². The first kappa shape index (κ1) is 24.5. The van der Waals surface area contributed by atoms with E-state index in [0.717, 1.165) is 36.8 Å². The molecule has 32 heavy (non-hydrogen) atoms. The van der Waals surface area contributed by atoms with Crippen molar-refractivity contribution in [3.8, 4) is 0 Å². The summed E-state index contributed by atoms with van der Waals surface area (Å²) in [7, 11) is -2.42. The number of sulfonamides is 1. The van der Waals surface area contributed by atoms with Crippen molar-refractivity contribution >= 4 is 10.0 Å². The standard InChI is InChI=1S/C23H30F2N2O4S/c1-16-10-22(23(28)27(2)13-16)19(12-26-32(29,30)15-24)14-31-21-8-6-17(7-9-21)18-4-3-5-20(25)11-18/h3-5,10-11,13,17,19,21,26H,6-9,12,14-15H2,1-2H3/t17?,19-,21?/m0/s1. The number of alkyl halides is 1. The topological polar surface area (TPSA) is 77.4 Å². The number of hydrogen-bond donors (Lipinski definition) is 1. The molecule has 0 saturated heterocycles. The van der Waals surface area contributed by atoms with Crippen molar-refractivity contribution in [3.63, 3.8) is 0 Å². The summed E-state index contributed by atoms with van der Waals surface area (Å²) in [5.41, 5.74) is 2.04. The summed E-state index contributed by atoms with van der Waals surface area (Å²) in [5.74, 6) is -0.503. The van der Waals surface area contributed by atoms with Gasteiger partial charge in [-0.1, -0.05) is 12.1 Å². The van der Waals surface area contributed by atoms with Crippen LogP contribution < -0.4 is 10.3 Å². The summed E-state index contributed by atoms with van der Waals surface area (Å²) >= 11 is 0. The molecule has 1 aromatic carbocycles. The van der Waals surface area contributed by atoms with Crippen LogP contribution in [0.2, 0.25) is 0 Å². The number of ether oxygens (including phenoxy) is 1. The second-order valence-corrected chi connectivity index (χ2v) is 10.3. The molecule has 1 fully saturated rings. The Morgan fingerprint density at radius 3 is 2.59 bits per heavy atom. The third-order valence-electron chi connectivity index (χ3n) is 6.01. The summed E-state index contributed by atoms with van der Waals surface area (Å²) in [6.45, 7) is 1.87. The first-order chi connectivity index (χ1) is 15.2. The smallest absolute Gasteiger partial charge is 0.253 e. The zero-order chi connectivity index (χ0) is 23.3. The van der Waals surface area contributed by atoms with Gasteiger partial charge in [0.15, 0.2) is 0 Å². The minimum atomic E-state index is -4.05. The lowest BCUT2D eigenvalue weighted by Gasteiger charge is -2.30. The molecule has 2 aromatic rings. The van der Waals surface area contributed by atoms with E-state index in [9.17, 15) is 22.0 Å². The Morgan fingerprint density at radius 1 is 1.22 bits per heavy atom. The summed E-state index contributed by atoms with van der Waals surface area (Å²) in [5, 5.41) is 0. The molecule has 1 atom stereocenters. The van der Waals surface area contributed by atoms with Crippen molar-refractivity contribution in [3.05, 3.63) is 69.4 Å². The number of aromatic nitrogens is 1. The number of pyridine rings is 1. The van der Waals surface area contributed by atoms with E-state index < -0.39 is 21.9 Å². The average molecular weight is 469 g/mol. The molecule has 0 aliphatic heterocycles. The molecule has 1 aliphatic carbocycles. The van der Waals surface area contributed by atoms with Gasteiger partial charge >= 0.3 is 0 Å². The van der Waals surface area contributed by atoms with Crippen molar-refractivity contribution < 1.29 is 21.9 Å². The fourth-order valence-electron chi connectivity index (χ4n) is 4.30. The van der Waals surface area contributed by atoms with Crippen LogP contribution in [-0.4, -0.2) is 38.2 Å². The Labute approximate surface area is 187 Å². The Kier molecular flexibility index (Phi) is 8.19. The van der Waals surface area contributed by atoms with E-state index in [0.29, 0.717) is 5.56 Å². The molecule has 9 heteroatoms. The van der Waals surface area contributed by atoms with Crippen molar-refractivity contribution in [2.75, 3.05) is 19.2 Å². The fourth-order valence-corrected chi connectivity index (χ4v) is 4.84. The second kappa shape index (κ2) is 10.7. The molecule has 1 aromatic heterocycles. The summed E-state index contributed by atoms with van der Waals surface area (Å²) < 4.78 is 59.3. The molecule has 1 N–H and O–H groups in total. The van der Waals surface area contributed by atoms with Gasteiger partial charge in [0, 0.05) is 31.3 Å². The van der Waals surface area contributed by atoms with Gasteiger partial charge in [0.2, 0.25) is 16.0 Å². The molecule has 176 valence electrons. The van der Waals surface area contributed by atoms with E-state index in [1.54, 1.807) is 31.4 Å². The summed E-state index contributed by atoms with van der Waals surface area (Å²) in [4.78, 5) is 12.7. The van der Waals surface area contributed by atoms with Crippen LogP contribution >= 0.6 is 0 Å². The zero-order valence-corrected chi connectivity index (χ0v) is 19.2. The van der Waals surface area contributed by atoms with Gasteiger partial charge in [-0.05, 0) is 67.9 Å². The Morgan fingerprint density at radius 2 is 1.94 bits per heavy atom. The maximum absolute atomic E-state index is 13.5. The number of rotatable bonds is 9. The van der Waals surface area contributed by atoms with Gasteiger partial charge in [-0.3, -0.25) is 4.79 Å². The van der Waals surface area contributed by atoms with Gasteiger partial charge < -0.3 is 9.30 Å². The van der Waals surface area contributed by atoms with Gasteiger partial charge in [0.1, 0.15) is 5.82 Å². The van der Waals surface area contributed by atoms with E-state index in [4.69, 9.17) is 4.74 Å². The number of nitrogens with zero attached hydrogens (tertiary/aromatic N) is 1. The van der Waals surface area contributed by atoms with Gasteiger partial charge in [-0.25, -0.2) is 21.9 Å². The molecule has 0 amide bonds. The number of halogens is 2. The highest BCUT2D eigenvalue weighted by Crippen LogP contribution is 2.34. The molecule has 1 heterocycles. The van der Waals surface area contributed by atoms with Crippen LogP contribution in [0.25, 0.3) is 0 Å². The van der Waals surface area contributed by atoms with E-state index >= 15 is 0 Å². The van der Waals surface area contributed by atoms with Crippen molar-refractivity contribution in [2.45, 2.75) is 50.5 Å². The molecular formula is C23H30F2N2O4S. The number of hydrogen-bond acceptors (Lipinski definition) is 4. The molecule has 1 aliphatic rings. The fraction of sp³-hybridized carbons (Fsp3) is 0.522. The monoisotopic (exact) mass is 468 g/mol. The molecule has 1 saturated carbocycles. The SMILES string of the molecule is Cc1cc([C@@H](CNS(=O)(=O)CF)COC2CCC(c3cccc(F)c3)CC2)c(=O)n(C)c1. The Balaban J connectivity index is 1.66. The highest BCUT2D eigenvalue weighted by molar-refractivity contribution is 7.89. The molecule has 6 nitrogen and oxygen atoms in total. The van der Waals surface area contributed by atoms with Gasteiger partial charge in [0.05, 0.1) is 12.7 Å². The lowest BCUT2D eigenvalue weighted by molar-refractivity contribution is 0.0168. The predicted octanol–water partition coefficient (Wildman–Crippen LogP) is 3.51. The van der Waals surface area contributed by atoms with Crippen LogP contribution in [0, 0.1) is 12.7 Å². The van der Waals surface area contributed by atoms with Gasteiger partial charge in [-0.15, -0.1) is 0 Å². The van der Waals surface area contributed by atoms with Crippen LogP contribution in [-0.2, 0) is 21.8 Å². The van der Waals surface area contributed by atoms with Crippen LogP contribution in [0.15, 0.2) is 41.3 Å². The lowest BCUT2D eigenvalue weighted by Crippen LogP contribution is -2.35. The van der Waals surface area contributed by atoms with Crippen molar-refractivity contribution in [1.82, 2.24) is 9.29 Å². The number of aryl methyl sites for hydroxylation is 2. The highest BCUT2D eigenvalue weighted by atomic mass is 32.2. The largest absolute Gasteiger partial charge is 0.378 e. The maximum Gasteiger partial charge on any atom is 0.253 e. The number of benzene rings is 1. The third kappa shape index (κ3) is 6.46. The quantitative estimate of drug-likeness (QED) is 0.611. The normalized spacial score (nSPS) is 20.2. The lowest BCUT2D eigenvalue weighted by atomic mass is 9.82. The summed E-state index contributed by atoms with van der Waals surface area (Å²) in [6, 6.07) is 6.88.